The van der Waals surface area contributed by atoms with Crippen molar-refractivity contribution in [2.45, 2.75) is 82.6 Å². The molecule has 4 fully saturated rings. The topological polar surface area (TPSA) is 72.5 Å². The summed E-state index contributed by atoms with van der Waals surface area (Å²) in [7, 11) is 0. The summed E-state index contributed by atoms with van der Waals surface area (Å²) in [6.07, 6.45) is 9.16. The molecule has 192 valence electrons. The third-order valence-corrected chi connectivity index (χ3v) is 7.76. The van der Waals surface area contributed by atoms with Crippen molar-refractivity contribution in [2.24, 2.45) is 11.8 Å². The molecule has 3 saturated heterocycles. The molecule has 1 aromatic carbocycles. The third kappa shape index (κ3) is 6.59. The summed E-state index contributed by atoms with van der Waals surface area (Å²) in [5.41, 5.74) is 0. The number of rotatable bonds is 9. The van der Waals surface area contributed by atoms with Crippen LogP contribution in [0.2, 0.25) is 0 Å². The maximum Gasteiger partial charge on any atom is 0.306 e. The molecule has 0 N–H and O–H groups in total. The first-order valence-electron chi connectivity index (χ1n) is 13.0. The summed E-state index contributed by atoms with van der Waals surface area (Å²) in [6.45, 7) is 1.96. The SMILES string of the molecule is O=C1C[C@H]2[C@H](/C(=C\CCOc3ccc(Br)cc3)OC3CCCCO3)[C@H](OC3CCCCO3)C[C@H]2O1. The summed E-state index contributed by atoms with van der Waals surface area (Å²) in [4.78, 5) is 12.2. The molecule has 0 spiro atoms. The highest BCUT2D eigenvalue weighted by Crippen LogP contribution is 2.47. The van der Waals surface area contributed by atoms with Gasteiger partial charge in [-0.05, 0) is 62.4 Å². The van der Waals surface area contributed by atoms with Crippen LogP contribution in [0, 0.1) is 11.8 Å². The quantitative estimate of drug-likeness (QED) is 0.228. The van der Waals surface area contributed by atoms with Crippen molar-refractivity contribution in [1.29, 1.82) is 0 Å². The second kappa shape index (κ2) is 12.1. The highest BCUT2D eigenvalue weighted by Gasteiger charge is 2.53. The first-order valence-corrected chi connectivity index (χ1v) is 13.8. The number of hydrogen-bond acceptors (Lipinski definition) is 7. The minimum atomic E-state index is -0.272. The van der Waals surface area contributed by atoms with Crippen molar-refractivity contribution in [2.75, 3.05) is 19.8 Å². The van der Waals surface area contributed by atoms with E-state index in [1.807, 2.05) is 24.3 Å². The first kappa shape index (κ1) is 25.1. The van der Waals surface area contributed by atoms with Crippen molar-refractivity contribution < 1.29 is 33.2 Å². The van der Waals surface area contributed by atoms with Gasteiger partial charge in [-0.15, -0.1) is 0 Å². The molecular formula is C27H35BrO7. The number of carbonyl (C=O) groups is 1. The van der Waals surface area contributed by atoms with E-state index in [9.17, 15) is 4.79 Å². The van der Waals surface area contributed by atoms with E-state index in [1.165, 1.54) is 0 Å². The predicted octanol–water partition coefficient (Wildman–Crippen LogP) is 5.51. The highest BCUT2D eigenvalue weighted by atomic mass is 79.9. The van der Waals surface area contributed by atoms with Crippen molar-refractivity contribution in [3.63, 3.8) is 0 Å². The number of fused-ring (bicyclic) bond motifs is 1. The van der Waals surface area contributed by atoms with E-state index in [-0.39, 0.29) is 42.6 Å². The molecule has 3 aliphatic heterocycles. The lowest BCUT2D eigenvalue weighted by Gasteiger charge is -2.33. The third-order valence-electron chi connectivity index (χ3n) is 7.23. The molecule has 35 heavy (non-hydrogen) atoms. The fraction of sp³-hybridized carbons (Fsp3) is 0.667. The molecule has 0 radical (unpaired) electrons. The number of esters is 1. The van der Waals surface area contributed by atoms with Gasteiger partial charge in [0.05, 0.1) is 25.7 Å². The van der Waals surface area contributed by atoms with Gasteiger partial charge in [-0.3, -0.25) is 4.79 Å². The Morgan fingerprint density at radius 2 is 1.77 bits per heavy atom. The second-order valence-corrected chi connectivity index (χ2v) is 10.7. The average Bonchev–Trinajstić information content (AvgIpc) is 3.38. The summed E-state index contributed by atoms with van der Waals surface area (Å²) in [5.74, 6) is 1.49. The molecule has 4 aliphatic rings. The molecule has 8 heteroatoms. The molecular weight excluding hydrogens is 516 g/mol. The molecule has 7 nitrogen and oxygen atoms in total. The van der Waals surface area contributed by atoms with Crippen molar-refractivity contribution >= 4 is 21.9 Å². The molecule has 1 saturated carbocycles. The van der Waals surface area contributed by atoms with Crippen LogP contribution in [0.4, 0.5) is 0 Å². The van der Waals surface area contributed by atoms with Gasteiger partial charge in [-0.25, -0.2) is 0 Å². The van der Waals surface area contributed by atoms with Crippen LogP contribution in [0.1, 0.15) is 57.8 Å². The summed E-state index contributed by atoms with van der Waals surface area (Å²) >= 11 is 3.45. The van der Waals surface area contributed by atoms with E-state index >= 15 is 0 Å². The molecule has 5 rings (SSSR count). The van der Waals surface area contributed by atoms with Crippen LogP contribution in [0.25, 0.3) is 0 Å². The van der Waals surface area contributed by atoms with Gasteiger partial charge in [0.1, 0.15) is 17.6 Å². The Bertz CT molecular complexity index is 861. The van der Waals surface area contributed by atoms with Gasteiger partial charge < -0.3 is 28.4 Å². The maximum atomic E-state index is 12.2. The predicted molar refractivity (Wildman–Crippen MR) is 132 cm³/mol. The normalized spacial score (nSPS) is 33.3. The lowest BCUT2D eigenvalue weighted by Crippen LogP contribution is -2.34. The van der Waals surface area contributed by atoms with Gasteiger partial charge in [0.15, 0.2) is 12.6 Å². The molecule has 1 aromatic rings. The molecule has 2 unspecified atom stereocenters. The number of ether oxygens (including phenoxy) is 6. The van der Waals surface area contributed by atoms with Crippen molar-refractivity contribution in [3.05, 3.63) is 40.6 Å². The summed E-state index contributed by atoms with van der Waals surface area (Å²) in [5, 5.41) is 0. The summed E-state index contributed by atoms with van der Waals surface area (Å²) in [6, 6.07) is 7.81. The van der Waals surface area contributed by atoms with Crippen LogP contribution < -0.4 is 4.74 Å². The van der Waals surface area contributed by atoms with E-state index in [2.05, 4.69) is 22.0 Å². The van der Waals surface area contributed by atoms with Gasteiger partial charge in [-0.2, -0.15) is 0 Å². The first-order chi connectivity index (χ1) is 17.2. The van der Waals surface area contributed by atoms with Crippen LogP contribution in [-0.4, -0.2) is 50.6 Å². The number of benzene rings is 1. The van der Waals surface area contributed by atoms with Gasteiger partial charge in [0.2, 0.25) is 0 Å². The number of hydrogen-bond donors (Lipinski definition) is 0. The van der Waals surface area contributed by atoms with Crippen LogP contribution >= 0.6 is 15.9 Å². The zero-order valence-corrected chi connectivity index (χ0v) is 21.7. The van der Waals surface area contributed by atoms with Crippen molar-refractivity contribution in [1.82, 2.24) is 0 Å². The Morgan fingerprint density at radius 1 is 1.03 bits per heavy atom. The second-order valence-electron chi connectivity index (χ2n) is 9.74. The minimum Gasteiger partial charge on any atom is -0.493 e. The fourth-order valence-corrected chi connectivity index (χ4v) is 5.80. The average molecular weight is 551 g/mol. The smallest absolute Gasteiger partial charge is 0.306 e. The van der Waals surface area contributed by atoms with Crippen molar-refractivity contribution in [3.8, 4) is 5.75 Å². The lowest BCUT2D eigenvalue weighted by atomic mass is 9.89. The number of halogens is 1. The zero-order valence-electron chi connectivity index (χ0n) is 20.1. The number of carbonyl (C=O) groups excluding carboxylic acids is 1. The Balaban J connectivity index is 1.31. The Labute approximate surface area is 215 Å². The maximum absolute atomic E-state index is 12.2. The Hall–Kier alpha value is -1.61. The van der Waals surface area contributed by atoms with Crippen LogP contribution in [0.3, 0.4) is 0 Å². The van der Waals surface area contributed by atoms with E-state index in [1.54, 1.807) is 0 Å². The Morgan fingerprint density at radius 3 is 2.49 bits per heavy atom. The summed E-state index contributed by atoms with van der Waals surface area (Å²) < 4.78 is 37.4. The van der Waals surface area contributed by atoms with Gasteiger partial charge in [-0.1, -0.05) is 15.9 Å². The highest BCUT2D eigenvalue weighted by molar-refractivity contribution is 9.10. The van der Waals surface area contributed by atoms with Gasteiger partial charge in [0.25, 0.3) is 0 Å². The molecule has 0 aromatic heterocycles. The largest absolute Gasteiger partial charge is 0.493 e. The standard InChI is InChI=1S/C27H35BrO7/c28-18-9-11-19(12-10-18)30-15-5-6-21(34-25-7-1-3-13-31-25)27-20-16-24(29)33-22(20)17-23(27)35-26-8-2-4-14-32-26/h6,9-12,20,22-23,25-27H,1-5,7-8,13-17H2/b21-6+/t20-,22-,23-,25?,26?,27-/m1/s1. The van der Waals surface area contributed by atoms with Crippen LogP contribution in [0.15, 0.2) is 40.6 Å². The van der Waals surface area contributed by atoms with Crippen LogP contribution in [-0.2, 0) is 28.5 Å². The molecule has 1 aliphatic carbocycles. The molecule has 6 atom stereocenters. The zero-order chi connectivity index (χ0) is 24.0. The van der Waals surface area contributed by atoms with E-state index in [4.69, 9.17) is 28.4 Å². The molecule has 0 amide bonds. The van der Waals surface area contributed by atoms with E-state index in [0.29, 0.717) is 32.5 Å². The van der Waals surface area contributed by atoms with Gasteiger partial charge in [0, 0.05) is 42.2 Å². The molecule has 3 heterocycles. The van der Waals surface area contributed by atoms with E-state index in [0.717, 1.165) is 61.1 Å². The Kier molecular flexibility index (Phi) is 8.65. The van der Waals surface area contributed by atoms with Gasteiger partial charge >= 0.3 is 5.97 Å². The lowest BCUT2D eigenvalue weighted by molar-refractivity contribution is -0.201. The molecule has 0 bridgehead atoms. The monoisotopic (exact) mass is 550 g/mol. The minimum absolute atomic E-state index is 0.0401. The van der Waals surface area contributed by atoms with Crippen LogP contribution in [0.5, 0.6) is 5.75 Å². The van der Waals surface area contributed by atoms with E-state index < -0.39 is 0 Å². The fourth-order valence-electron chi connectivity index (χ4n) is 5.54.